The van der Waals surface area contributed by atoms with Gasteiger partial charge in [0.1, 0.15) is 0 Å². The maximum atomic E-state index is 12.4. The second-order valence-electron chi connectivity index (χ2n) is 5.25. The summed E-state index contributed by atoms with van der Waals surface area (Å²) in [4.78, 5) is 17.3. The van der Waals surface area contributed by atoms with Crippen molar-refractivity contribution in [3.8, 4) is 0 Å². The third kappa shape index (κ3) is 2.81. The molecule has 3 heterocycles. The zero-order valence-electron chi connectivity index (χ0n) is 11.7. The van der Waals surface area contributed by atoms with Crippen LogP contribution in [0.15, 0.2) is 29.0 Å². The van der Waals surface area contributed by atoms with Crippen molar-refractivity contribution in [1.82, 2.24) is 4.90 Å². The van der Waals surface area contributed by atoms with Crippen LogP contribution in [0.2, 0.25) is 0 Å². The molecule has 2 aromatic rings. The lowest BCUT2D eigenvalue weighted by Gasteiger charge is -2.33. The molecule has 106 valence electrons. The van der Waals surface area contributed by atoms with Gasteiger partial charge in [0.2, 0.25) is 5.91 Å². The molecule has 0 aromatic carbocycles. The number of nitrogens with zero attached hydrogens (tertiary/aromatic N) is 1. The molecule has 20 heavy (non-hydrogen) atoms. The van der Waals surface area contributed by atoms with E-state index in [2.05, 4.69) is 40.8 Å². The van der Waals surface area contributed by atoms with Crippen LogP contribution in [0.25, 0.3) is 0 Å². The van der Waals surface area contributed by atoms with E-state index >= 15 is 0 Å². The highest BCUT2D eigenvalue weighted by atomic mass is 32.1. The summed E-state index contributed by atoms with van der Waals surface area (Å²) in [7, 11) is 0. The Bertz CT molecular complexity index is 573. The molecule has 1 amide bonds. The van der Waals surface area contributed by atoms with Gasteiger partial charge in [-0.3, -0.25) is 4.79 Å². The molecule has 4 heteroatoms. The molecular weight excluding hydrogens is 286 g/mol. The van der Waals surface area contributed by atoms with E-state index in [4.69, 9.17) is 0 Å². The molecule has 1 atom stereocenters. The lowest BCUT2D eigenvalue weighted by molar-refractivity contribution is -0.133. The SMILES string of the molecule is CC1c2ccsc2CCN1C(=O)CCCc1cccs1. The Morgan fingerprint density at radius 3 is 3.05 bits per heavy atom. The van der Waals surface area contributed by atoms with E-state index in [1.807, 2.05) is 11.3 Å². The predicted molar refractivity (Wildman–Crippen MR) is 85.4 cm³/mol. The van der Waals surface area contributed by atoms with Crippen LogP contribution in [0, 0.1) is 0 Å². The first kappa shape index (κ1) is 13.8. The molecule has 0 saturated heterocycles. The van der Waals surface area contributed by atoms with Crippen molar-refractivity contribution in [2.75, 3.05) is 6.54 Å². The monoisotopic (exact) mass is 305 g/mol. The number of rotatable bonds is 4. The number of hydrogen-bond acceptors (Lipinski definition) is 3. The molecule has 0 N–H and O–H groups in total. The van der Waals surface area contributed by atoms with Crippen LogP contribution in [-0.4, -0.2) is 17.4 Å². The molecule has 1 aliphatic heterocycles. The maximum absolute atomic E-state index is 12.4. The average Bonchev–Trinajstić information content (AvgIpc) is 3.09. The Morgan fingerprint density at radius 2 is 2.25 bits per heavy atom. The number of aryl methyl sites for hydroxylation is 1. The zero-order chi connectivity index (χ0) is 13.9. The normalized spacial score (nSPS) is 18.1. The van der Waals surface area contributed by atoms with Gasteiger partial charge in [-0.15, -0.1) is 22.7 Å². The average molecular weight is 305 g/mol. The van der Waals surface area contributed by atoms with Crippen molar-refractivity contribution in [3.05, 3.63) is 44.3 Å². The minimum Gasteiger partial charge on any atom is -0.336 e. The van der Waals surface area contributed by atoms with Gasteiger partial charge in [0.25, 0.3) is 0 Å². The fraction of sp³-hybridized carbons (Fsp3) is 0.438. The zero-order valence-corrected chi connectivity index (χ0v) is 13.3. The maximum Gasteiger partial charge on any atom is 0.223 e. The molecule has 0 fully saturated rings. The molecule has 2 aromatic heterocycles. The Labute approximate surface area is 128 Å². The van der Waals surface area contributed by atoms with E-state index in [0.717, 1.165) is 25.8 Å². The molecule has 1 unspecified atom stereocenters. The number of amides is 1. The standard InChI is InChI=1S/C16H19NOS2/c1-12-14-8-11-20-15(14)7-9-17(12)16(18)6-2-4-13-5-3-10-19-13/h3,5,8,10-12H,2,4,6-7,9H2,1H3. The van der Waals surface area contributed by atoms with Crippen molar-refractivity contribution in [1.29, 1.82) is 0 Å². The number of carbonyl (C=O) groups is 1. The smallest absolute Gasteiger partial charge is 0.223 e. The van der Waals surface area contributed by atoms with E-state index in [0.29, 0.717) is 12.3 Å². The van der Waals surface area contributed by atoms with Crippen LogP contribution in [-0.2, 0) is 17.6 Å². The van der Waals surface area contributed by atoms with Crippen molar-refractivity contribution in [2.24, 2.45) is 0 Å². The summed E-state index contributed by atoms with van der Waals surface area (Å²) in [6.45, 7) is 3.04. The van der Waals surface area contributed by atoms with Crippen LogP contribution in [0.5, 0.6) is 0 Å². The van der Waals surface area contributed by atoms with Crippen LogP contribution >= 0.6 is 22.7 Å². The summed E-state index contributed by atoms with van der Waals surface area (Å²) in [5, 5.41) is 4.24. The first-order valence-electron chi connectivity index (χ1n) is 7.14. The third-order valence-corrected chi connectivity index (χ3v) is 5.92. The Hall–Kier alpha value is -1.13. The highest BCUT2D eigenvalue weighted by molar-refractivity contribution is 7.10. The minimum atomic E-state index is 0.249. The Kier molecular flexibility index (Phi) is 4.22. The van der Waals surface area contributed by atoms with Gasteiger partial charge >= 0.3 is 0 Å². The van der Waals surface area contributed by atoms with Crippen molar-refractivity contribution >= 4 is 28.6 Å². The quantitative estimate of drug-likeness (QED) is 0.825. The van der Waals surface area contributed by atoms with Crippen molar-refractivity contribution in [2.45, 2.75) is 38.6 Å². The lowest BCUT2D eigenvalue weighted by atomic mass is 10.0. The van der Waals surface area contributed by atoms with Gasteiger partial charge in [0.05, 0.1) is 6.04 Å². The van der Waals surface area contributed by atoms with Gasteiger partial charge in [-0.1, -0.05) is 6.07 Å². The molecule has 0 bridgehead atoms. The molecule has 2 nitrogen and oxygen atoms in total. The molecule has 0 radical (unpaired) electrons. The first-order valence-corrected chi connectivity index (χ1v) is 8.90. The summed E-state index contributed by atoms with van der Waals surface area (Å²) in [5.74, 6) is 0.311. The summed E-state index contributed by atoms with van der Waals surface area (Å²) in [6, 6.07) is 6.65. The summed E-state index contributed by atoms with van der Waals surface area (Å²) in [6.07, 6.45) is 3.67. The van der Waals surface area contributed by atoms with Crippen LogP contribution < -0.4 is 0 Å². The highest BCUT2D eigenvalue weighted by Gasteiger charge is 2.27. The van der Waals surface area contributed by atoms with Crippen LogP contribution in [0.3, 0.4) is 0 Å². The van der Waals surface area contributed by atoms with E-state index in [1.54, 1.807) is 11.3 Å². The molecule has 1 aliphatic rings. The van der Waals surface area contributed by atoms with Gasteiger partial charge in [-0.25, -0.2) is 0 Å². The van der Waals surface area contributed by atoms with Gasteiger partial charge < -0.3 is 4.90 Å². The van der Waals surface area contributed by atoms with Gasteiger partial charge in [0.15, 0.2) is 0 Å². The van der Waals surface area contributed by atoms with Crippen molar-refractivity contribution < 1.29 is 4.79 Å². The van der Waals surface area contributed by atoms with Gasteiger partial charge in [0, 0.05) is 22.7 Å². The van der Waals surface area contributed by atoms with E-state index in [9.17, 15) is 4.79 Å². The first-order chi connectivity index (χ1) is 9.75. The number of carbonyl (C=O) groups excluding carboxylic acids is 1. The molecule has 0 spiro atoms. The second-order valence-corrected chi connectivity index (χ2v) is 7.28. The van der Waals surface area contributed by atoms with Crippen LogP contribution in [0.1, 0.15) is 41.1 Å². The summed E-state index contributed by atoms with van der Waals surface area (Å²) >= 11 is 3.60. The number of fused-ring (bicyclic) bond motifs is 1. The summed E-state index contributed by atoms with van der Waals surface area (Å²) < 4.78 is 0. The fourth-order valence-corrected chi connectivity index (χ4v) is 4.58. The Morgan fingerprint density at radius 1 is 1.35 bits per heavy atom. The topological polar surface area (TPSA) is 20.3 Å². The second kappa shape index (κ2) is 6.10. The van der Waals surface area contributed by atoms with Gasteiger partial charge in [-0.2, -0.15) is 0 Å². The largest absolute Gasteiger partial charge is 0.336 e. The molecule has 0 saturated carbocycles. The lowest BCUT2D eigenvalue weighted by Crippen LogP contribution is -2.38. The van der Waals surface area contributed by atoms with Gasteiger partial charge in [-0.05, 0) is 54.6 Å². The number of thiophene rings is 2. The molecular formula is C16H19NOS2. The molecule has 0 aliphatic carbocycles. The van der Waals surface area contributed by atoms with Crippen LogP contribution in [0.4, 0.5) is 0 Å². The predicted octanol–water partition coefficient (Wildman–Crippen LogP) is 4.28. The minimum absolute atomic E-state index is 0.249. The van der Waals surface area contributed by atoms with E-state index < -0.39 is 0 Å². The van der Waals surface area contributed by atoms with Crippen molar-refractivity contribution in [3.63, 3.8) is 0 Å². The fourth-order valence-electron chi connectivity index (χ4n) is 2.86. The molecule has 3 rings (SSSR count). The Balaban J connectivity index is 1.55. The summed E-state index contributed by atoms with van der Waals surface area (Å²) in [5.41, 5.74) is 1.35. The highest BCUT2D eigenvalue weighted by Crippen LogP contribution is 2.33. The third-order valence-electron chi connectivity index (χ3n) is 3.99. The van der Waals surface area contributed by atoms with E-state index in [1.165, 1.54) is 15.3 Å². The number of hydrogen-bond donors (Lipinski definition) is 0. The van der Waals surface area contributed by atoms with E-state index in [-0.39, 0.29) is 6.04 Å².